The van der Waals surface area contributed by atoms with Crippen molar-refractivity contribution in [1.82, 2.24) is 4.90 Å². The molecule has 158 valence electrons. The van der Waals surface area contributed by atoms with Gasteiger partial charge in [0.1, 0.15) is 0 Å². The van der Waals surface area contributed by atoms with Crippen molar-refractivity contribution in [1.29, 1.82) is 0 Å². The minimum Gasteiger partial charge on any atom is -0.368 e. The second kappa shape index (κ2) is 10.9. The Balaban J connectivity index is 0.000000568. The molecule has 2 heterocycles. The Bertz CT molecular complexity index is 696. The molecule has 1 aliphatic carbocycles. The molecule has 2 aromatic carbocycles. The number of ether oxygens (including phenoxy) is 1. The summed E-state index contributed by atoms with van der Waals surface area (Å²) in [5, 5.41) is 0. The first kappa shape index (κ1) is 22.1. The highest BCUT2D eigenvalue weighted by Gasteiger charge is 2.40. The Hall–Kier alpha value is -1.64. The molecule has 2 aliphatic heterocycles. The van der Waals surface area contributed by atoms with E-state index in [0.717, 1.165) is 19.4 Å². The predicted octanol–water partition coefficient (Wildman–Crippen LogP) is 6.74. The number of hydrogen-bond acceptors (Lipinski definition) is 2. The summed E-state index contributed by atoms with van der Waals surface area (Å²) in [6, 6.07) is 18.0. The lowest BCUT2D eigenvalue weighted by Gasteiger charge is -2.29. The molecule has 0 aromatic heterocycles. The zero-order chi connectivity index (χ0) is 20.6. The molecule has 3 aliphatic rings. The molecular formula is C27H39NO. The van der Waals surface area contributed by atoms with E-state index in [-0.39, 0.29) is 6.10 Å². The Morgan fingerprint density at radius 1 is 0.793 bits per heavy atom. The van der Waals surface area contributed by atoms with E-state index in [1.54, 1.807) is 0 Å². The van der Waals surface area contributed by atoms with Crippen molar-refractivity contribution in [2.24, 2.45) is 0 Å². The van der Waals surface area contributed by atoms with E-state index >= 15 is 0 Å². The normalized spacial score (nSPS) is 25.2. The van der Waals surface area contributed by atoms with Crippen molar-refractivity contribution in [2.45, 2.75) is 77.9 Å². The lowest BCUT2D eigenvalue weighted by Crippen LogP contribution is -2.36. The van der Waals surface area contributed by atoms with Crippen LogP contribution in [0.4, 0.5) is 0 Å². The molecule has 2 saturated heterocycles. The highest BCUT2D eigenvalue weighted by atomic mass is 16.5. The van der Waals surface area contributed by atoms with E-state index in [0.29, 0.717) is 12.0 Å². The average Bonchev–Trinajstić information content (AvgIpc) is 3.16. The first-order valence-electron chi connectivity index (χ1n) is 11.9. The minimum atomic E-state index is 0.231. The van der Waals surface area contributed by atoms with Crippen LogP contribution < -0.4 is 0 Å². The summed E-state index contributed by atoms with van der Waals surface area (Å²) < 4.78 is 6.69. The molecular weight excluding hydrogens is 354 g/mol. The quantitative estimate of drug-likeness (QED) is 0.560. The fraction of sp³-hybridized carbons (Fsp3) is 0.556. The molecule has 0 amide bonds. The molecule has 29 heavy (non-hydrogen) atoms. The van der Waals surface area contributed by atoms with Gasteiger partial charge in [0.25, 0.3) is 0 Å². The van der Waals surface area contributed by atoms with Crippen LogP contribution in [0.15, 0.2) is 48.5 Å². The van der Waals surface area contributed by atoms with Gasteiger partial charge in [-0.25, -0.2) is 0 Å². The first-order chi connectivity index (χ1) is 14.4. The molecule has 0 radical (unpaired) electrons. The van der Waals surface area contributed by atoms with Crippen molar-refractivity contribution < 1.29 is 4.74 Å². The van der Waals surface area contributed by atoms with Crippen molar-refractivity contribution in [3.05, 3.63) is 70.8 Å². The maximum absolute atomic E-state index is 6.69. The topological polar surface area (TPSA) is 12.5 Å². The van der Waals surface area contributed by atoms with Crippen molar-refractivity contribution in [3.8, 4) is 0 Å². The van der Waals surface area contributed by atoms with Crippen LogP contribution in [0.1, 0.15) is 87.7 Å². The Labute approximate surface area is 178 Å². The highest BCUT2D eigenvalue weighted by molar-refractivity contribution is 5.45. The summed E-state index contributed by atoms with van der Waals surface area (Å²) in [6.45, 7) is 11.6. The third-order valence-electron chi connectivity index (χ3n) is 6.33. The van der Waals surface area contributed by atoms with Crippen LogP contribution >= 0.6 is 0 Å². The van der Waals surface area contributed by atoms with Gasteiger partial charge >= 0.3 is 0 Å². The Kier molecular flexibility index (Phi) is 8.32. The first-order valence-corrected chi connectivity index (χ1v) is 11.9. The monoisotopic (exact) mass is 393 g/mol. The van der Waals surface area contributed by atoms with Crippen molar-refractivity contribution in [3.63, 3.8) is 0 Å². The Morgan fingerprint density at radius 3 is 2.07 bits per heavy atom. The number of likely N-dealkylation sites (tertiary alicyclic amines) is 1. The van der Waals surface area contributed by atoms with Gasteiger partial charge in [-0.3, -0.25) is 0 Å². The van der Waals surface area contributed by atoms with Crippen LogP contribution in [-0.2, 0) is 11.2 Å². The predicted molar refractivity (Wildman–Crippen MR) is 124 cm³/mol. The Morgan fingerprint density at radius 2 is 1.38 bits per heavy atom. The number of hydrogen-bond donors (Lipinski definition) is 0. The van der Waals surface area contributed by atoms with E-state index in [4.69, 9.17) is 4.74 Å². The molecule has 2 aromatic rings. The number of benzene rings is 2. The maximum Gasteiger partial charge on any atom is 0.0901 e. The summed E-state index contributed by atoms with van der Waals surface area (Å²) in [6.07, 6.45) is 6.90. The summed E-state index contributed by atoms with van der Waals surface area (Å²) in [5.74, 6) is 0.509. The van der Waals surface area contributed by atoms with Gasteiger partial charge in [0.05, 0.1) is 12.2 Å². The van der Waals surface area contributed by atoms with Crippen LogP contribution in [-0.4, -0.2) is 30.6 Å². The molecule has 0 saturated carbocycles. The minimum absolute atomic E-state index is 0.231. The van der Waals surface area contributed by atoms with E-state index < -0.39 is 0 Å². The van der Waals surface area contributed by atoms with Gasteiger partial charge < -0.3 is 9.64 Å². The van der Waals surface area contributed by atoms with Crippen LogP contribution in [0.3, 0.4) is 0 Å². The van der Waals surface area contributed by atoms with Crippen molar-refractivity contribution >= 4 is 0 Å². The van der Waals surface area contributed by atoms with E-state index in [1.165, 1.54) is 54.6 Å². The zero-order valence-electron chi connectivity index (χ0n) is 18.9. The number of rotatable bonds is 2. The van der Waals surface area contributed by atoms with Gasteiger partial charge in [0, 0.05) is 12.5 Å². The summed E-state index contributed by atoms with van der Waals surface area (Å²) in [4.78, 5) is 2.62. The van der Waals surface area contributed by atoms with Crippen molar-refractivity contribution in [2.75, 3.05) is 19.6 Å². The molecule has 0 spiro atoms. The largest absolute Gasteiger partial charge is 0.368 e. The molecule has 3 unspecified atom stereocenters. The van der Waals surface area contributed by atoms with E-state index in [9.17, 15) is 0 Å². The van der Waals surface area contributed by atoms with Gasteiger partial charge in [-0.1, -0.05) is 82.6 Å². The van der Waals surface area contributed by atoms with Gasteiger partial charge in [0.15, 0.2) is 0 Å². The molecule has 2 fully saturated rings. The van der Waals surface area contributed by atoms with Crippen LogP contribution in [0, 0.1) is 0 Å². The number of fused-ring (bicyclic) bond motifs is 5. The fourth-order valence-electron chi connectivity index (χ4n) is 5.13. The zero-order valence-corrected chi connectivity index (χ0v) is 18.9. The standard InChI is InChI=1S/C23H27NO.2C2H6/c1-6-12-24(13-7-1)16-19-15-22-20-10-4-2-8-17(20)14-18-9-3-5-11-21(18)23(22)25-19;2*1-2/h2-5,8-11,19,22-23H,1,6-7,12-16H2;2*1-2H3. The van der Waals surface area contributed by atoms with E-state index in [1.807, 2.05) is 27.7 Å². The number of nitrogens with zero attached hydrogens (tertiary/aromatic N) is 1. The molecule has 3 atom stereocenters. The third kappa shape index (κ3) is 4.92. The summed E-state index contributed by atoms with van der Waals surface area (Å²) in [7, 11) is 0. The van der Waals surface area contributed by atoms with Crippen LogP contribution in [0.5, 0.6) is 0 Å². The summed E-state index contributed by atoms with van der Waals surface area (Å²) in [5.41, 5.74) is 5.88. The fourth-order valence-corrected chi connectivity index (χ4v) is 5.13. The maximum atomic E-state index is 6.69. The lowest BCUT2D eigenvalue weighted by atomic mass is 9.87. The average molecular weight is 394 g/mol. The summed E-state index contributed by atoms with van der Waals surface area (Å²) >= 11 is 0. The SMILES string of the molecule is CC.CC.c1ccc2c(c1)Cc1ccccc1C1OC(CN3CCCCC3)CC21. The van der Waals surface area contributed by atoms with Gasteiger partial charge in [-0.15, -0.1) is 0 Å². The van der Waals surface area contributed by atoms with Gasteiger partial charge in [-0.2, -0.15) is 0 Å². The lowest BCUT2D eigenvalue weighted by molar-refractivity contribution is 0.0159. The van der Waals surface area contributed by atoms with E-state index in [2.05, 4.69) is 53.4 Å². The molecule has 0 bridgehead atoms. The van der Waals surface area contributed by atoms with Crippen LogP contribution in [0.2, 0.25) is 0 Å². The highest BCUT2D eigenvalue weighted by Crippen LogP contribution is 2.49. The molecule has 2 heteroatoms. The smallest absolute Gasteiger partial charge is 0.0901 e. The van der Waals surface area contributed by atoms with Crippen LogP contribution in [0.25, 0.3) is 0 Å². The molecule has 2 nitrogen and oxygen atoms in total. The third-order valence-corrected chi connectivity index (χ3v) is 6.33. The second-order valence-electron chi connectivity index (χ2n) is 7.96. The number of piperidine rings is 1. The van der Waals surface area contributed by atoms with Gasteiger partial charge in [-0.05, 0) is 61.0 Å². The molecule has 5 rings (SSSR count). The second-order valence-corrected chi connectivity index (χ2v) is 7.96. The molecule has 0 N–H and O–H groups in total. The van der Waals surface area contributed by atoms with Gasteiger partial charge in [0.2, 0.25) is 0 Å².